The monoisotopic (exact) mass is 420 g/mol. The van der Waals surface area contributed by atoms with E-state index in [0.717, 1.165) is 50.0 Å². The molecule has 1 amide bonds. The third-order valence-electron chi connectivity index (χ3n) is 6.21. The van der Waals surface area contributed by atoms with Crippen LogP contribution in [0.3, 0.4) is 0 Å². The van der Waals surface area contributed by atoms with E-state index in [1.165, 1.54) is 24.3 Å². The molecule has 0 saturated carbocycles. The summed E-state index contributed by atoms with van der Waals surface area (Å²) in [5.41, 5.74) is 0.341. The number of alkyl halides is 3. The quantitative estimate of drug-likeness (QED) is 0.655. The van der Waals surface area contributed by atoms with Crippen molar-refractivity contribution in [2.75, 3.05) is 19.6 Å². The standard InChI is InChI=1S/C23H24F4N2O/c24-20-8-6-16(7-9-20)14-28-11-2-4-18-15-29(12-10-21(18)28)22(30)17-3-1-5-19(13-17)23(25,26)27/h1,3,5-9,13,18,21H,2,4,10-12,14-15H2/t18-,21+/m1/s1. The van der Waals surface area contributed by atoms with Gasteiger partial charge < -0.3 is 4.90 Å². The van der Waals surface area contributed by atoms with E-state index in [4.69, 9.17) is 0 Å². The Balaban J connectivity index is 1.43. The molecule has 0 aliphatic carbocycles. The van der Waals surface area contributed by atoms with Gasteiger partial charge in [0, 0.05) is 31.2 Å². The Hall–Kier alpha value is -2.41. The van der Waals surface area contributed by atoms with Crippen LogP contribution >= 0.6 is 0 Å². The number of nitrogens with zero attached hydrogens (tertiary/aromatic N) is 2. The Labute approximate surface area is 173 Å². The number of halogens is 4. The maximum Gasteiger partial charge on any atom is 0.416 e. The van der Waals surface area contributed by atoms with Crippen molar-refractivity contribution < 1.29 is 22.4 Å². The maximum atomic E-state index is 13.2. The Morgan fingerprint density at radius 1 is 1.03 bits per heavy atom. The number of benzene rings is 2. The average molecular weight is 420 g/mol. The Morgan fingerprint density at radius 2 is 1.80 bits per heavy atom. The van der Waals surface area contributed by atoms with Gasteiger partial charge in [-0.3, -0.25) is 9.69 Å². The minimum Gasteiger partial charge on any atom is -0.338 e. The van der Waals surface area contributed by atoms with E-state index in [0.29, 0.717) is 25.0 Å². The van der Waals surface area contributed by atoms with Crippen molar-refractivity contribution in [2.24, 2.45) is 5.92 Å². The molecule has 2 aliphatic rings. The smallest absolute Gasteiger partial charge is 0.338 e. The van der Waals surface area contributed by atoms with Crippen LogP contribution in [0.2, 0.25) is 0 Å². The van der Waals surface area contributed by atoms with Crippen molar-refractivity contribution in [3.63, 3.8) is 0 Å². The summed E-state index contributed by atoms with van der Waals surface area (Å²) >= 11 is 0. The third kappa shape index (κ3) is 4.51. The van der Waals surface area contributed by atoms with Gasteiger partial charge in [-0.2, -0.15) is 13.2 Å². The Kier molecular flexibility index (Phi) is 5.82. The second-order valence-electron chi connectivity index (χ2n) is 8.19. The number of rotatable bonds is 3. The number of piperidine rings is 2. The molecule has 2 fully saturated rings. The molecule has 0 bridgehead atoms. The second-order valence-corrected chi connectivity index (χ2v) is 8.19. The molecule has 0 spiro atoms. The molecule has 4 rings (SSSR count). The highest BCUT2D eigenvalue weighted by molar-refractivity contribution is 5.94. The molecule has 7 heteroatoms. The zero-order valence-electron chi connectivity index (χ0n) is 16.5. The normalized spacial score (nSPS) is 22.6. The van der Waals surface area contributed by atoms with E-state index in [2.05, 4.69) is 4.90 Å². The fourth-order valence-electron chi connectivity index (χ4n) is 4.72. The summed E-state index contributed by atoms with van der Waals surface area (Å²) in [6.45, 7) is 2.78. The van der Waals surface area contributed by atoms with Gasteiger partial charge in [-0.15, -0.1) is 0 Å². The van der Waals surface area contributed by atoms with Crippen LogP contribution in [-0.4, -0.2) is 41.4 Å². The second kappa shape index (κ2) is 8.38. The van der Waals surface area contributed by atoms with Gasteiger partial charge in [0.05, 0.1) is 5.56 Å². The van der Waals surface area contributed by atoms with Crippen LogP contribution in [0.25, 0.3) is 0 Å². The molecule has 0 N–H and O–H groups in total. The van der Waals surface area contributed by atoms with Gasteiger partial charge in [0.1, 0.15) is 5.82 Å². The number of hydrogen-bond donors (Lipinski definition) is 0. The summed E-state index contributed by atoms with van der Waals surface area (Å²) in [7, 11) is 0. The number of likely N-dealkylation sites (tertiary alicyclic amines) is 2. The summed E-state index contributed by atoms with van der Waals surface area (Å²) in [6, 6.07) is 11.5. The predicted molar refractivity (Wildman–Crippen MR) is 105 cm³/mol. The zero-order chi connectivity index (χ0) is 21.3. The first-order valence-electron chi connectivity index (χ1n) is 10.3. The highest BCUT2D eigenvalue weighted by Crippen LogP contribution is 2.33. The fraction of sp³-hybridized carbons (Fsp3) is 0.435. The van der Waals surface area contributed by atoms with Gasteiger partial charge in [-0.1, -0.05) is 18.2 Å². The van der Waals surface area contributed by atoms with E-state index in [1.54, 1.807) is 17.0 Å². The molecule has 30 heavy (non-hydrogen) atoms. The lowest BCUT2D eigenvalue weighted by molar-refractivity contribution is -0.137. The van der Waals surface area contributed by atoms with Crippen molar-refractivity contribution >= 4 is 5.91 Å². The molecule has 0 aromatic heterocycles. The first kappa shape index (κ1) is 20.8. The summed E-state index contributed by atoms with van der Waals surface area (Å²) in [5.74, 6) is -0.297. The van der Waals surface area contributed by atoms with Crippen LogP contribution in [0.5, 0.6) is 0 Å². The van der Waals surface area contributed by atoms with Crippen LogP contribution < -0.4 is 0 Å². The number of hydrogen-bond acceptors (Lipinski definition) is 2. The third-order valence-corrected chi connectivity index (χ3v) is 6.21. The van der Waals surface area contributed by atoms with Gasteiger partial charge in [0.25, 0.3) is 5.91 Å². The maximum absolute atomic E-state index is 13.2. The zero-order valence-corrected chi connectivity index (χ0v) is 16.5. The average Bonchev–Trinajstić information content (AvgIpc) is 2.74. The van der Waals surface area contributed by atoms with E-state index in [9.17, 15) is 22.4 Å². The Bertz CT molecular complexity index is 897. The molecule has 2 heterocycles. The van der Waals surface area contributed by atoms with Crippen molar-refractivity contribution in [3.8, 4) is 0 Å². The topological polar surface area (TPSA) is 23.6 Å². The van der Waals surface area contributed by atoms with Gasteiger partial charge in [-0.05, 0) is 67.6 Å². The largest absolute Gasteiger partial charge is 0.416 e. The van der Waals surface area contributed by atoms with Crippen LogP contribution in [0.15, 0.2) is 48.5 Å². The molecule has 2 atom stereocenters. The fourth-order valence-corrected chi connectivity index (χ4v) is 4.72. The van der Waals surface area contributed by atoms with E-state index < -0.39 is 11.7 Å². The number of carbonyl (C=O) groups is 1. The number of fused-ring (bicyclic) bond motifs is 1. The van der Waals surface area contributed by atoms with Gasteiger partial charge >= 0.3 is 6.18 Å². The summed E-state index contributed by atoms with van der Waals surface area (Å²) < 4.78 is 52.1. The minimum atomic E-state index is -4.46. The Morgan fingerprint density at radius 3 is 2.53 bits per heavy atom. The van der Waals surface area contributed by atoms with Gasteiger partial charge in [0.15, 0.2) is 0 Å². The van der Waals surface area contributed by atoms with Crippen molar-refractivity contribution in [2.45, 2.75) is 38.0 Å². The number of carbonyl (C=O) groups excluding carboxylic acids is 1. The lowest BCUT2D eigenvalue weighted by Crippen LogP contribution is -2.54. The summed E-state index contributed by atoms with van der Waals surface area (Å²) in [4.78, 5) is 17.0. The number of amides is 1. The molecule has 3 nitrogen and oxygen atoms in total. The summed E-state index contributed by atoms with van der Waals surface area (Å²) in [6.07, 6.45) is -1.67. The van der Waals surface area contributed by atoms with Crippen molar-refractivity contribution in [1.82, 2.24) is 9.80 Å². The van der Waals surface area contributed by atoms with E-state index in [1.807, 2.05) is 0 Å². The molecule has 0 radical (unpaired) electrons. The van der Waals surface area contributed by atoms with Crippen molar-refractivity contribution in [1.29, 1.82) is 0 Å². The highest BCUT2D eigenvalue weighted by Gasteiger charge is 2.38. The minimum absolute atomic E-state index is 0.0854. The molecule has 0 unspecified atom stereocenters. The molecule has 160 valence electrons. The van der Waals surface area contributed by atoms with E-state index in [-0.39, 0.29) is 17.3 Å². The van der Waals surface area contributed by atoms with Gasteiger partial charge in [-0.25, -0.2) is 4.39 Å². The van der Waals surface area contributed by atoms with Crippen molar-refractivity contribution in [3.05, 3.63) is 71.0 Å². The van der Waals surface area contributed by atoms with E-state index >= 15 is 0 Å². The van der Waals surface area contributed by atoms with Gasteiger partial charge in [0.2, 0.25) is 0 Å². The first-order valence-corrected chi connectivity index (χ1v) is 10.3. The molecular weight excluding hydrogens is 396 g/mol. The van der Waals surface area contributed by atoms with Crippen LogP contribution in [0, 0.1) is 11.7 Å². The van der Waals surface area contributed by atoms with Crippen LogP contribution in [-0.2, 0) is 12.7 Å². The SMILES string of the molecule is O=C(c1cccc(C(F)(F)F)c1)N1CC[C@H]2[C@H](CCCN2Cc2ccc(F)cc2)C1. The molecule has 2 aromatic carbocycles. The molecule has 2 aromatic rings. The van der Waals surface area contributed by atoms with Crippen LogP contribution in [0.4, 0.5) is 17.6 Å². The van der Waals surface area contributed by atoms with Crippen LogP contribution in [0.1, 0.15) is 40.7 Å². The lowest BCUT2D eigenvalue weighted by Gasteiger charge is -2.47. The molecule has 2 saturated heterocycles. The lowest BCUT2D eigenvalue weighted by atomic mass is 9.83. The summed E-state index contributed by atoms with van der Waals surface area (Å²) in [5, 5.41) is 0. The molecular formula is C23H24F4N2O. The first-order chi connectivity index (χ1) is 14.3. The highest BCUT2D eigenvalue weighted by atomic mass is 19.4. The molecule has 2 aliphatic heterocycles. The predicted octanol–water partition coefficient (Wildman–Crippen LogP) is 4.97.